The SMILES string of the molecule is O=C(Cc1cc(N2CCOCC2)cc2[nH]c(-c3ccccc3C(F)(F)F)nc12)Nc1nccs1. The lowest BCUT2D eigenvalue weighted by Crippen LogP contribution is -2.36. The normalized spacial score (nSPS) is 14.5. The number of hydrogen-bond donors (Lipinski definition) is 2. The maximum atomic E-state index is 13.6. The van der Waals surface area contributed by atoms with Crippen LogP contribution in [-0.2, 0) is 22.1 Å². The van der Waals surface area contributed by atoms with Gasteiger partial charge in [0.05, 0.1) is 36.2 Å². The number of nitrogens with one attached hydrogen (secondary N) is 2. The summed E-state index contributed by atoms with van der Waals surface area (Å²) in [6.45, 7) is 2.50. The first-order valence-electron chi connectivity index (χ1n) is 10.6. The summed E-state index contributed by atoms with van der Waals surface area (Å²) in [5.41, 5.74) is 1.67. The molecule has 1 saturated heterocycles. The van der Waals surface area contributed by atoms with Crippen LogP contribution in [0, 0.1) is 0 Å². The fourth-order valence-corrected chi connectivity index (χ4v) is 4.54. The number of halogens is 3. The maximum absolute atomic E-state index is 13.6. The van der Waals surface area contributed by atoms with Crippen LogP contribution >= 0.6 is 11.3 Å². The minimum Gasteiger partial charge on any atom is -0.378 e. The molecule has 4 aromatic rings. The molecule has 0 saturated carbocycles. The monoisotopic (exact) mass is 487 g/mol. The average Bonchev–Trinajstić information content (AvgIpc) is 3.49. The van der Waals surface area contributed by atoms with Gasteiger partial charge >= 0.3 is 6.18 Å². The standard InChI is InChI=1S/C23H20F3N5O2S/c24-23(25,26)17-4-2-1-3-16(17)21-28-18-13-15(31-6-8-33-9-7-31)11-14(20(18)30-21)12-19(32)29-22-27-5-10-34-22/h1-5,10-11,13H,6-9,12H2,(H,28,30)(H,27,29,32). The predicted molar refractivity (Wildman–Crippen MR) is 124 cm³/mol. The van der Waals surface area contributed by atoms with Crippen LogP contribution in [0.2, 0.25) is 0 Å². The summed E-state index contributed by atoms with van der Waals surface area (Å²) in [5, 5.41) is 4.98. The van der Waals surface area contributed by atoms with Gasteiger partial charge in [-0.05, 0) is 23.8 Å². The second-order valence-electron chi connectivity index (χ2n) is 7.79. The molecule has 7 nitrogen and oxygen atoms in total. The van der Waals surface area contributed by atoms with E-state index in [9.17, 15) is 18.0 Å². The van der Waals surface area contributed by atoms with Gasteiger partial charge in [0.1, 0.15) is 5.82 Å². The third kappa shape index (κ3) is 4.62. The summed E-state index contributed by atoms with van der Waals surface area (Å²) in [6, 6.07) is 9.03. The van der Waals surface area contributed by atoms with Crippen LogP contribution < -0.4 is 10.2 Å². The molecule has 0 aliphatic carbocycles. The Bertz CT molecular complexity index is 1310. The second-order valence-corrected chi connectivity index (χ2v) is 8.69. The van der Waals surface area contributed by atoms with E-state index in [1.807, 2.05) is 12.1 Å². The number of amides is 1. The van der Waals surface area contributed by atoms with Gasteiger partial charge in [0.15, 0.2) is 5.13 Å². The molecular formula is C23H20F3N5O2S. The van der Waals surface area contributed by atoms with Crippen molar-refractivity contribution in [2.45, 2.75) is 12.6 Å². The van der Waals surface area contributed by atoms with Crippen LogP contribution in [0.1, 0.15) is 11.1 Å². The van der Waals surface area contributed by atoms with E-state index in [-0.39, 0.29) is 23.7 Å². The molecule has 34 heavy (non-hydrogen) atoms. The smallest absolute Gasteiger partial charge is 0.378 e. The molecule has 5 rings (SSSR count). The zero-order chi connectivity index (χ0) is 23.7. The molecule has 0 atom stereocenters. The van der Waals surface area contributed by atoms with Gasteiger partial charge in [-0.1, -0.05) is 18.2 Å². The Balaban J connectivity index is 1.57. The Morgan fingerprint density at radius 3 is 2.74 bits per heavy atom. The van der Waals surface area contributed by atoms with Gasteiger partial charge in [0, 0.05) is 35.9 Å². The van der Waals surface area contributed by atoms with Gasteiger partial charge < -0.3 is 19.9 Å². The molecule has 1 fully saturated rings. The number of rotatable bonds is 5. The van der Waals surface area contributed by atoms with Crippen LogP contribution in [0.15, 0.2) is 48.0 Å². The van der Waals surface area contributed by atoms with E-state index in [0.29, 0.717) is 48.0 Å². The highest BCUT2D eigenvalue weighted by Crippen LogP contribution is 2.37. The number of H-pyrrole nitrogens is 1. The summed E-state index contributed by atoms with van der Waals surface area (Å²) in [6.07, 6.45) is -2.93. The molecule has 2 N–H and O–H groups in total. The van der Waals surface area contributed by atoms with Crippen molar-refractivity contribution in [2.24, 2.45) is 0 Å². The van der Waals surface area contributed by atoms with E-state index < -0.39 is 11.7 Å². The molecule has 2 aromatic carbocycles. The van der Waals surface area contributed by atoms with Gasteiger partial charge in [-0.25, -0.2) is 9.97 Å². The van der Waals surface area contributed by atoms with E-state index >= 15 is 0 Å². The van der Waals surface area contributed by atoms with E-state index in [1.165, 1.54) is 23.5 Å². The summed E-state index contributed by atoms with van der Waals surface area (Å²) >= 11 is 1.30. The summed E-state index contributed by atoms with van der Waals surface area (Å²) in [7, 11) is 0. The Morgan fingerprint density at radius 2 is 2.00 bits per heavy atom. The molecule has 0 bridgehead atoms. The number of anilines is 2. The van der Waals surface area contributed by atoms with Crippen molar-refractivity contribution in [1.82, 2.24) is 15.0 Å². The van der Waals surface area contributed by atoms with Crippen molar-refractivity contribution < 1.29 is 22.7 Å². The topological polar surface area (TPSA) is 83.1 Å². The molecule has 0 unspecified atom stereocenters. The minimum atomic E-state index is -4.52. The third-order valence-corrected chi connectivity index (χ3v) is 6.23. The van der Waals surface area contributed by atoms with Crippen molar-refractivity contribution in [3.05, 3.63) is 59.1 Å². The number of fused-ring (bicyclic) bond motifs is 1. The largest absolute Gasteiger partial charge is 0.417 e. The lowest BCUT2D eigenvalue weighted by Gasteiger charge is -2.29. The molecule has 176 valence electrons. The molecule has 11 heteroatoms. The number of ether oxygens (including phenoxy) is 1. The number of thiazole rings is 1. The Kier molecular flexibility index (Phi) is 5.96. The molecule has 3 heterocycles. The predicted octanol–water partition coefficient (Wildman–Crippen LogP) is 4.72. The lowest BCUT2D eigenvalue weighted by molar-refractivity contribution is -0.137. The minimum absolute atomic E-state index is 0.000525. The lowest BCUT2D eigenvalue weighted by atomic mass is 10.1. The number of alkyl halides is 3. The number of carbonyl (C=O) groups excluding carboxylic acids is 1. The summed E-state index contributed by atoms with van der Waals surface area (Å²) in [5.74, 6) is -0.181. The Hall–Kier alpha value is -3.44. The van der Waals surface area contributed by atoms with Crippen LogP contribution in [0.25, 0.3) is 22.4 Å². The molecule has 0 radical (unpaired) electrons. The fourth-order valence-electron chi connectivity index (χ4n) is 4.00. The van der Waals surface area contributed by atoms with E-state index in [0.717, 1.165) is 11.8 Å². The number of carbonyl (C=O) groups is 1. The second kappa shape index (κ2) is 9.07. The summed E-state index contributed by atoms with van der Waals surface area (Å²) in [4.78, 5) is 26.4. The first-order chi connectivity index (χ1) is 16.4. The number of aromatic amines is 1. The Morgan fingerprint density at radius 1 is 1.21 bits per heavy atom. The van der Waals surface area contributed by atoms with Gasteiger partial charge in [-0.15, -0.1) is 11.3 Å². The zero-order valence-corrected chi connectivity index (χ0v) is 18.7. The number of morpholine rings is 1. The van der Waals surface area contributed by atoms with E-state index in [4.69, 9.17) is 4.74 Å². The maximum Gasteiger partial charge on any atom is 0.417 e. The number of hydrogen-bond acceptors (Lipinski definition) is 6. The van der Waals surface area contributed by atoms with Gasteiger partial charge in [0.25, 0.3) is 0 Å². The van der Waals surface area contributed by atoms with Crippen LogP contribution in [-0.4, -0.2) is 47.2 Å². The first-order valence-corrected chi connectivity index (χ1v) is 11.5. The Labute approximate surface area is 196 Å². The highest BCUT2D eigenvalue weighted by atomic mass is 32.1. The number of aromatic nitrogens is 3. The van der Waals surface area contributed by atoms with Gasteiger partial charge in [-0.2, -0.15) is 13.2 Å². The number of benzene rings is 2. The van der Waals surface area contributed by atoms with Crippen LogP contribution in [0.3, 0.4) is 0 Å². The van der Waals surface area contributed by atoms with Crippen molar-refractivity contribution in [3.63, 3.8) is 0 Å². The van der Waals surface area contributed by atoms with E-state index in [2.05, 4.69) is 25.2 Å². The molecule has 1 aliphatic rings. The molecule has 1 aliphatic heterocycles. The van der Waals surface area contributed by atoms with Crippen molar-refractivity contribution >= 4 is 39.1 Å². The van der Waals surface area contributed by atoms with Crippen LogP contribution in [0.4, 0.5) is 24.0 Å². The highest BCUT2D eigenvalue weighted by molar-refractivity contribution is 7.13. The van der Waals surface area contributed by atoms with Gasteiger partial charge in [-0.3, -0.25) is 4.79 Å². The first kappa shape index (κ1) is 22.4. The molecule has 2 aromatic heterocycles. The van der Waals surface area contributed by atoms with Crippen molar-refractivity contribution in [1.29, 1.82) is 0 Å². The molecular weight excluding hydrogens is 467 g/mol. The highest BCUT2D eigenvalue weighted by Gasteiger charge is 2.34. The molecule has 0 spiro atoms. The van der Waals surface area contributed by atoms with Crippen molar-refractivity contribution in [3.8, 4) is 11.4 Å². The molecule has 1 amide bonds. The van der Waals surface area contributed by atoms with Crippen LogP contribution in [0.5, 0.6) is 0 Å². The zero-order valence-electron chi connectivity index (χ0n) is 17.9. The fraction of sp³-hybridized carbons (Fsp3) is 0.261. The third-order valence-electron chi connectivity index (χ3n) is 5.54. The van der Waals surface area contributed by atoms with Gasteiger partial charge in [0.2, 0.25) is 5.91 Å². The quantitative estimate of drug-likeness (QED) is 0.426. The average molecular weight is 488 g/mol. The summed E-state index contributed by atoms with van der Waals surface area (Å²) < 4.78 is 46.3. The van der Waals surface area contributed by atoms with Crippen molar-refractivity contribution in [2.75, 3.05) is 36.5 Å². The van der Waals surface area contributed by atoms with E-state index in [1.54, 1.807) is 17.6 Å². The number of imidazole rings is 1. The number of nitrogens with zero attached hydrogens (tertiary/aromatic N) is 3.